The summed E-state index contributed by atoms with van der Waals surface area (Å²) in [5, 5.41) is 8.69. The molecule has 0 bridgehead atoms. The molecule has 1 N–H and O–H groups in total. The molecule has 76 valence electrons. The van der Waals surface area contributed by atoms with E-state index in [1.165, 1.54) is 11.1 Å². The Kier molecular flexibility index (Phi) is 2.33. The lowest BCUT2D eigenvalue weighted by molar-refractivity contribution is 0.123. The van der Waals surface area contributed by atoms with Gasteiger partial charge in [0.05, 0.1) is 19.6 Å². The van der Waals surface area contributed by atoms with Crippen LogP contribution in [0.2, 0.25) is 0 Å². The molecule has 0 aromatic rings. The van der Waals surface area contributed by atoms with Crippen LogP contribution in [0.1, 0.15) is 6.92 Å². The number of ether oxygens (including phenoxy) is 2. The first-order valence-electron chi connectivity index (χ1n) is 4.70. The van der Waals surface area contributed by atoms with Gasteiger partial charge in [-0.3, -0.25) is 0 Å². The molecule has 0 aromatic carbocycles. The summed E-state index contributed by atoms with van der Waals surface area (Å²) in [6, 6.07) is 0. The number of fused-ring (bicyclic) bond motifs is 1. The zero-order chi connectivity index (χ0) is 10.1. The lowest BCUT2D eigenvalue weighted by Gasteiger charge is -2.17. The summed E-state index contributed by atoms with van der Waals surface area (Å²) < 4.78 is 10.7. The highest BCUT2D eigenvalue weighted by atomic mass is 16.5. The van der Waals surface area contributed by atoms with Gasteiger partial charge >= 0.3 is 0 Å². The third kappa shape index (κ3) is 1.44. The van der Waals surface area contributed by atoms with Crippen molar-refractivity contribution < 1.29 is 14.6 Å². The van der Waals surface area contributed by atoms with Crippen LogP contribution in [0.15, 0.2) is 34.8 Å². The maximum absolute atomic E-state index is 8.69. The van der Waals surface area contributed by atoms with E-state index in [0.717, 1.165) is 11.5 Å². The highest BCUT2D eigenvalue weighted by molar-refractivity contribution is 5.57. The molecule has 1 atom stereocenters. The van der Waals surface area contributed by atoms with Crippen LogP contribution in [0.4, 0.5) is 0 Å². The van der Waals surface area contributed by atoms with Gasteiger partial charge in [0.25, 0.3) is 0 Å². The number of hydrogen-bond acceptors (Lipinski definition) is 3. The van der Waals surface area contributed by atoms with E-state index in [2.05, 4.69) is 13.0 Å². The van der Waals surface area contributed by atoms with Crippen molar-refractivity contribution in [1.29, 1.82) is 0 Å². The molecule has 0 spiro atoms. The lowest BCUT2D eigenvalue weighted by atomic mass is 10.0. The molecule has 0 radical (unpaired) electrons. The summed E-state index contributed by atoms with van der Waals surface area (Å²) in [4.78, 5) is 0. The summed E-state index contributed by atoms with van der Waals surface area (Å²) >= 11 is 0. The third-order valence-electron chi connectivity index (χ3n) is 2.47. The van der Waals surface area contributed by atoms with E-state index in [1.807, 2.05) is 6.08 Å². The number of rotatable bonds is 4. The Hall–Kier alpha value is -1.22. The normalized spacial score (nSPS) is 23.8. The standard InChI is InChI=1S/C11H14O3/c1-7-5-10(13-2)11(14-4-3-12)9-6-8(7)9/h5-6,9,12H,3-4H2,1-2H3/t9-/m0/s1. The van der Waals surface area contributed by atoms with Crippen molar-refractivity contribution >= 4 is 0 Å². The van der Waals surface area contributed by atoms with Crippen LogP contribution in [0.5, 0.6) is 0 Å². The second-order valence-electron chi connectivity index (χ2n) is 3.43. The Morgan fingerprint density at radius 1 is 1.50 bits per heavy atom. The molecular formula is C11H14O3. The predicted octanol–water partition coefficient (Wildman–Crippen LogP) is 1.37. The fourth-order valence-corrected chi connectivity index (χ4v) is 1.71. The molecule has 3 heteroatoms. The smallest absolute Gasteiger partial charge is 0.157 e. The van der Waals surface area contributed by atoms with E-state index in [4.69, 9.17) is 14.6 Å². The van der Waals surface area contributed by atoms with E-state index < -0.39 is 0 Å². The first-order valence-corrected chi connectivity index (χ1v) is 4.70. The van der Waals surface area contributed by atoms with Gasteiger partial charge in [0, 0.05) is 0 Å². The zero-order valence-corrected chi connectivity index (χ0v) is 8.41. The van der Waals surface area contributed by atoms with Gasteiger partial charge in [-0.1, -0.05) is 6.08 Å². The Morgan fingerprint density at radius 3 is 2.93 bits per heavy atom. The third-order valence-corrected chi connectivity index (χ3v) is 2.47. The number of allylic oxidation sites excluding steroid dienone is 3. The van der Waals surface area contributed by atoms with E-state index in [-0.39, 0.29) is 6.61 Å². The molecule has 0 saturated heterocycles. The first-order chi connectivity index (χ1) is 6.77. The van der Waals surface area contributed by atoms with Crippen molar-refractivity contribution in [2.24, 2.45) is 5.92 Å². The summed E-state index contributed by atoms with van der Waals surface area (Å²) in [6.45, 7) is 2.42. The highest BCUT2D eigenvalue weighted by Gasteiger charge is 2.36. The van der Waals surface area contributed by atoms with Gasteiger partial charge in [0.15, 0.2) is 5.76 Å². The Balaban J connectivity index is 2.17. The molecule has 0 fully saturated rings. The van der Waals surface area contributed by atoms with Crippen LogP contribution >= 0.6 is 0 Å². The maximum Gasteiger partial charge on any atom is 0.157 e. The van der Waals surface area contributed by atoms with Gasteiger partial charge in [-0.25, -0.2) is 0 Å². The topological polar surface area (TPSA) is 38.7 Å². The maximum atomic E-state index is 8.69. The van der Waals surface area contributed by atoms with Crippen molar-refractivity contribution in [3.05, 3.63) is 34.8 Å². The van der Waals surface area contributed by atoms with Gasteiger partial charge in [-0.15, -0.1) is 0 Å². The highest BCUT2D eigenvalue weighted by Crippen LogP contribution is 2.46. The van der Waals surface area contributed by atoms with E-state index in [9.17, 15) is 0 Å². The average Bonchev–Trinajstić information content (AvgIpc) is 2.96. The van der Waals surface area contributed by atoms with Gasteiger partial charge in [-0.05, 0) is 24.1 Å². The average molecular weight is 194 g/mol. The van der Waals surface area contributed by atoms with Crippen molar-refractivity contribution in [2.45, 2.75) is 6.92 Å². The monoisotopic (exact) mass is 194 g/mol. The quantitative estimate of drug-likeness (QED) is 0.734. The van der Waals surface area contributed by atoms with Crippen LogP contribution < -0.4 is 0 Å². The molecule has 2 rings (SSSR count). The lowest BCUT2D eigenvalue weighted by Crippen LogP contribution is -2.09. The summed E-state index contributed by atoms with van der Waals surface area (Å²) in [6.07, 6.45) is 4.12. The second-order valence-corrected chi connectivity index (χ2v) is 3.43. The van der Waals surface area contributed by atoms with Crippen LogP contribution in [0.25, 0.3) is 0 Å². The van der Waals surface area contributed by atoms with Crippen LogP contribution in [0, 0.1) is 5.92 Å². The SMILES string of the molecule is COC1=C(OCCO)[C@H]2C=C2C(C)=C1. The largest absolute Gasteiger partial charge is 0.493 e. The predicted molar refractivity (Wildman–Crippen MR) is 52.4 cm³/mol. The Morgan fingerprint density at radius 2 is 2.29 bits per heavy atom. The zero-order valence-electron chi connectivity index (χ0n) is 8.41. The van der Waals surface area contributed by atoms with Crippen LogP contribution in [-0.2, 0) is 9.47 Å². The minimum Gasteiger partial charge on any atom is -0.493 e. The molecule has 0 amide bonds. The summed E-state index contributed by atoms with van der Waals surface area (Å²) in [7, 11) is 1.63. The fraction of sp³-hybridized carbons (Fsp3) is 0.455. The molecule has 2 aliphatic carbocycles. The van der Waals surface area contributed by atoms with Crippen molar-refractivity contribution in [2.75, 3.05) is 20.3 Å². The van der Waals surface area contributed by atoms with Crippen LogP contribution in [-0.4, -0.2) is 25.4 Å². The molecule has 0 unspecified atom stereocenters. The molecule has 2 aliphatic rings. The van der Waals surface area contributed by atoms with Gasteiger partial charge in [0.1, 0.15) is 12.4 Å². The number of aliphatic hydroxyl groups is 1. The molecule has 0 aromatic heterocycles. The fourth-order valence-electron chi connectivity index (χ4n) is 1.71. The molecule has 0 saturated carbocycles. The van der Waals surface area contributed by atoms with Crippen molar-refractivity contribution in [3.8, 4) is 0 Å². The second kappa shape index (κ2) is 3.50. The molecular weight excluding hydrogens is 180 g/mol. The van der Waals surface area contributed by atoms with E-state index >= 15 is 0 Å². The molecule has 0 aliphatic heterocycles. The van der Waals surface area contributed by atoms with Crippen molar-refractivity contribution in [3.63, 3.8) is 0 Å². The molecule has 0 heterocycles. The van der Waals surface area contributed by atoms with Gasteiger partial charge < -0.3 is 14.6 Å². The number of aliphatic hydroxyl groups excluding tert-OH is 1. The van der Waals surface area contributed by atoms with Gasteiger partial charge in [0.2, 0.25) is 0 Å². The van der Waals surface area contributed by atoms with Crippen LogP contribution in [0.3, 0.4) is 0 Å². The van der Waals surface area contributed by atoms with E-state index in [0.29, 0.717) is 12.5 Å². The molecule has 3 nitrogen and oxygen atoms in total. The molecule has 14 heavy (non-hydrogen) atoms. The summed E-state index contributed by atoms with van der Waals surface area (Å²) in [5.41, 5.74) is 2.56. The minimum atomic E-state index is 0.0330. The van der Waals surface area contributed by atoms with Gasteiger partial charge in [-0.2, -0.15) is 0 Å². The summed E-state index contributed by atoms with van der Waals surface area (Å²) in [5.74, 6) is 1.90. The van der Waals surface area contributed by atoms with E-state index in [1.54, 1.807) is 7.11 Å². The number of methoxy groups -OCH3 is 1. The number of hydrogen-bond donors (Lipinski definition) is 1. The Labute approximate surface area is 83.3 Å². The first kappa shape index (κ1) is 9.34. The Bertz CT molecular complexity index is 336. The minimum absolute atomic E-state index is 0.0330. The van der Waals surface area contributed by atoms with Crippen molar-refractivity contribution in [1.82, 2.24) is 0 Å².